The molecule has 0 atom stereocenters. The maximum atomic E-state index is 9.55. The molecule has 0 radical (unpaired) electrons. The van der Waals surface area contributed by atoms with Crippen LogP contribution in [0.3, 0.4) is 0 Å². The minimum Gasteiger partial charge on any atom is -0.393 e. The van der Waals surface area contributed by atoms with E-state index in [9.17, 15) is 5.11 Å². The Morgan fingerprint density at radius 3 is 2.65 bits per heavy atom. The highest BCUT2D eigenvalue weighted by Crippen LogP contribution is 2.29. The van der Waals surface area contributed by atoms with Crippen LogP contribution >= 0.6 is 15.9 Å². The smallest absolute Gasteiger partial charge is 0.224 e. The highest BCUT2D eigenvalue weighted by molar-refractivity contribution is 9.10. The van der Waals surface area contributed by atoms with Crippen LogP contribution in [0.4, 0.5) is 11.8 Å². The van der Waals surface area contributed by atoms with E-state index in [1.165, 1.54) is 12.8 Å². The van der Waals surface area contributed by atoms with Gasteiger partial charge in [0.15, 0.2) is 0 Å². The normalized spacial score (nSPS) is 26.3. The maximum Gasteiger partial charge on any atom is 0.224 e. The molecule has 0 bridgehead atoms. The monoisotopic (exact) mass is 340 g/mol. The first kappa shape index (κ1) is 14.1. The molecule has 2 fully saturated rings. The summed E-state index contributed by atoms with van der Waals surface area (Å²) in [5, 5.41) is 16.3. The minimum absolute atomic E-state index is 0.127. The van der Waals surface area contributed by atoms with Crippen molar-refractivity contribution in [3.8, 4) is 0 Å². The van der Waals surface area contributed by atoms with E-state index in [-0.39, 0.29) is 6.10 Å². The van der Waals surface area contributed by atoms with Gasteiger partial charge in [-0.3, -0.25) is 0 Å². The summed E-state index contributed by atoms with van der Waals surface area (Å²) in [7, 11) is 0. The molecule has 2 aliphatic rings. The predicted molar refractivity (Wildman–Crippen MR) is 82.8 cm³/mol. The van der Waals surface area contributed by atoms with Gasteiger partial charge in [-0.25, -0.2) is 4.98 Å². The Balaban J connectivity index is 1.60. The number of nitrogens with zero attached hydrogens (tertiary/aromatic N) is 2. The van der Waals surface area contributed by atoms with E-state index in [1.807, 2.05) is 0 Å². The molecule has 0 aromatic carbocycles. The molecule has 1 aromatic heterocycles. The standard InChI is InChI=1S/C14H21BrN4O/c15-12-8-17-14(16-7-9-1-2-9)19-13(12)18-10-3-5-11(20)6-4-10/h8-11,20H,1-7H2,(H2,16,17,18,19). The van der Waals surface area contributed by atoms with Gasteiger partial charge in [0.2, 0.25) is 5.95 Å². The van der Waals surface area contributed by atoms with Crippen molar-refractivity contribution >= 4 is 27.7 Å². The van der Waals surface area contributed by atoms with Crippen molar-refractivity contribution < 1.29 is 5.11 Å². The molecule has 0 saturated heterocycles. The van der Waals surface area contributed by atoms with Gasteiger partial charge in [-0.05, 0) is 60.4 Å². The van der Waals surface area contributed by atoms with Gasteiger partial charge >= 0.3 is 0 Å². The molecule has 110 valence electrons. The number of aliphatic hydroxyl groups excluding tert-OH is 1. The van der Waals surface area contributed by atoms with E-state index in [1.54, 1.807) is 6.20 Å². The van der Waals surface area contributed by atoms with E-state index < -0.39 is 0 Å². The van der Waals surface area contributed by atoms with Crippen LogP contribution in [0.5, 0.6) is 0 Å². The molecular weight excluding hydrogens is 320 g/mol. The lowest BCUT2D eigenvalue weighted by molar-refractivity contribution is 0.126. The summed E-state index contributed by atoms with van der Waals surface area (Å²) < 4.78 is 0.889. The summed E-state index contributed by atoms with van der Waals surface area (Å²) in [6.45, 7) is 0.969. The fourth-order valence-corrected chi connectivity index (χ4v) is 2.83. The zero-order valence-corrected chi connectivity index (χ0v) is 13.1. The average molecular weight is 341 g/mol. The van der Waals surface area contributed by atoms with Crippen molar-refractivity contribution in [1.29, 1.82) is 0 Å². The Labute approximate surface area is 127 Å². The van der Waals surface area contributed by atoms with Crippen molar-refractivity contribution in [3.05, 3.63) is 10.7 Å². The van der Waals surface area contributed by atoms with Crippen LogP contribution in [0.15, 0.2) is 10.7 Å². The summed E-state index contributed by atoms with van der Waals surface area (Å²) >= 11 is 3.50. The molecule has 0 amide bonds. The first-order chi connectivity index (χ1) is 9.70. The highest BCUT2D eigenvalue weighted by atomic mass is 79.9. The lowest BCUT2D eigenvalue weighted by atomic mass is 9.93. The third-order valence-corrected chi connectivity index (χ3v) is 4.61. The molecule has 2 saturated carbocycles. The van der Waals surface area contributed by atoms with Gasteiger partial charge < -0.3 is 15.7 Å². The Bertz CT molecular complexity index is 458. The summed E-state index contributed by atoms with van der Waals surface area (Å²) in [6, 6.07) is 0.390. The van der Waals surface area contributed by atoms with E-state index >= 15 is 0 Å². The number of hydrogen-bond acceptors (Lipinski definition) is 5. The summed E-state index contributed by atoms with van der Waals surface area (Å²) in [5.41, 5.74) is 0. The predicted octanol–water partition coefficient (Wildman–Crippen LogP) is 2.78. The lowest BCUT2D eigenvalue weighted by Gasteiger charge is -2.27. The van der Waals surface area contributed by atoms with Gasteiger partial charge in [0.05, 0.1) is 10.6 Å². The second kappa shape index (κ2) is 6.26. The molecule has 0 aliphatic heterocycles. The fraction of sp³-hybridized carbons (Fsp3) is 0.714. The molecule has 6 heteroatoms. The third-order valence-electron chi connectivity index (χ3n) is 4.03. The van der Waals surface area contributed by atoms with Gasteiger partial charge in [0, 0.05) is 18.8 Å². The molecule has 1 heterocycles. The van der Waals surface area contributed by atoms with Crippen molar-refractivity contribution in [2.45, 2.75) is 50.7 Å². The molecule has 0 unspecified atom stereocenters. The minimum atomic E-state index is -0.127. The van der Waals surface area contributed by atoms with Crippen LogP contribution < -0.4 is 10.6 Å². The van der Waals surface area contributed by atoms with Crippen molar-refractivity contribution in [2.24, 2.45) is 5.92 Å². The third kappa shape index (κ3) is 3.82. The molecule has 20 heavy (non-hydrogen) atoms. The summed E-state index contributed by atoms with van der Waals surface area (Å²) in [5.74, 6) is 2.34. The highest BCUT2D eigenvalue weighted by Gasteiger charge is 2.22. The van der Waals surface area contributed by atoms with Crippen LogP contribution in [0.2, 0.25) is 0 Å². The van der Waals surface area contributed by atoms with Gasteiger partial charge in [-0.1, -0.05) is 0 Å². The largest absolute Gasteiger partial charge is 0.393 e. The van der Waals surface area contributed by atoms with Crippen LogP contribution in [0, 0.1) is 5.92 Å². The van der Waals surface area contributed by atoms with Crippen molar-refractivity contribution in [3.63, 3.8) is 0 Å². The average Bonchev–Trinajstić information content (AvgIpc) is 3.26. The fourth-order valence-electron chi connectivity index (χ4n) is 2.52. The molecule has 1 aromatic rings. The second-order valence-corrected chi connectivity index (χ2v) is 6.72. The number of anilines is 2. The van der Waals surface area contributed by atoms with E-state index in [0.29, 0.717) is 12.0 Å². The molecule has 5 nitrogen and oxygen atoms in total. The Morgan fingerprint density at radius 1 is 1.20 bits per heavy atom. The number of hydrogen-bond donors (Lipinski definition) is 3. The summed E-state index contributed by atoms with van der Waals surface area (Å²) in [4.78, 5) is 8.84. The van der Waals surface area contributed by atoms with Crippen molar-refractivity contribution in [1.82, 2.24) is 9.97 Å². The molecule has 0 spiro atoms. The molecule has 3 rings (SSSR count). The number of nitrogens with one attached hydrogen (secondary N) is 2. The lowest BCUT2D eigenvalue weighted by Crippen LogP contribution is -2.28. The van der Waals surface area contributed by atoms with Crippen LogP contribution in [-0.4, -0.2) is 33.8 Å². The van der Waals surface area contributed by atoms with Gasteiger partial charge in [0.1, 0.15) is 5.82 Å². The number of aromatic nitrogens is 2. The van der Waals surface area contributed by atoms with Crippen LogP contribution in [0.25, 0.3) is 0 Å². The first-order valence-electron chi connectivity index (χ1n) is 7.41. The Hall–Kier alpha value is -0.880. The van der Waals surface area contributed by atoms with Crippen molar-refractivity contribution in [2.75, 3.05) is 17.2 Å². The molecule has 2 aliphatic carbocycles. The molecule has 3 N–H and O–H groups in total. The number of aliphatic hydroxyl groups is 1. The second-order valence-electron chi connectivity index (χ2n) is 5.86. The van der Waals surface area contributed by atoms with Gasteiger partial charge in [0.25, 0.3) is 0 Å². The van der Waals surface area contributed by atoms with Gasteiger partial charge in [-0.2, -0.15) is 4.98 Å². The Morgan fingerprint density at radius 2 is 1.95 bits per heavy atom. The van der Waals surface area contributed by atoms with E-state index in [4.69, 9.17) is 0 Å². The Kier molecular flexibility index (Phi) is 4.41. The zero-order valence-electron chi connectivity index (χ0n) is 11.5. The zero-order chi connectivity index (χ0) is 13.9. The molecular formula is C14H21BrN4O. The quantitative estimate of drug-likeness (QED) is 0.768. The van der Waals surface area contributed by atoms with E-state index in [0.717, 1.165) is 48.4 Å². The van der Waals surface area contributed by atoms with Crippen LogP contribution in [0.1, 0.15) is 38.5 Å². The number of rotatable bonds is 5. The van der Waals surface area contributed by atoms with Gasteiger partial charge in [-0.15, -0.1) is 0 Å². The first-order valence-corrected chi connectivity index (χ1v) is 8.21. The maximum absolute atomic E-state index is 9.55. The van der Waals surface area contributed by atoms with E-state index in [2.05, 4.69) is 36.5 Å². The SMILES string of the molecule is OC1CCC(Nc2nc(NCC3CC3)ncc2Br)CC1. The summed E-state index contributed by atoms with van der Waals surface area (Å²) in [6.07, 6.45) is 8.02. The number of halogens is 1. The van der Waals surface area contributed by atoms with Crippen LogP contribution in [-0.2, 0) is 0 Å². The topological polar surface area (TPSA) is 70.1 Å².